The maximum atomic E-state index is 12.3. The molecule has 2 aromatic carbocycles. The number of rotatable bonds is 6. The van der Waals surface area contributed by atoms with Gasteiger partial charge in [-0.1, -0.05) is 18.2 Å². The fourth-order valence-electron chi connectivity index (χ4n) is 3.35. The second-order valence-electron chi connectivity index (χ2n) is 6.55. The largest absolute Gasteiger partial charge is 0.496 e. The van der Waals surface area contributed by atoms with E-state index in [2.05, 4.69) is 15.2 Å². The summed E-state index contributed by atoms with van der Waals surface area (Å²) in [5.41, 5.74) is 1.67. The van der Waals surface area contributed by atoms with Crippen molar-refractivity contribution in [3.63, 3.8) is 0 Å². The number of benzene rings is 2. The van der Waals surface area contributed by atoms with Gasteiger partial charge >= 0.3 is 0 Å². The Hall–Kier alpha value is -3.48. The van der Waals surface area contributed by atoms with E-state index in [1.165, 1.54) is 0 Å². The predicted octanol–water partition coefficient (Wildman–Crippen LogP) is 2.56. The molecule has 1 aliphatic rings. The minimum absolute atomic E-state index is 0.0274. The Morgan fingerprint density at radius 3 is 2.93 bits per heavy atom. The van der Waals surface area contributed by atoms with Gasteiger partial charge in [0, 0.05) is 24.7 Å². The van der Waals surface area contributed by atoms with E-state index in [1.54, 1.807) is 19.2 Å². The molecule has 1 aliphatic heterocycles. The molecule has 4 rings (SSSR count). The van der Waals surface area contributed by atoms with Crippen LogP contribution in [0.25, 0.3) is 10.9 Å². The van der Waals surface area contributed by atoms with Crippen LogP contribution >= 0.6 is 0 Å². The number of nitrogens with one attached hydrogen (secondary N) is 2. The molecule has 3 aromatic rings. The van der Waals surface area contributed by atoms with Crippen molar-refractivity contribution in [1.82, 2.24) is 9.88 Å². The number of methoxy groups -OCH3 is 1. The number of hydrogen-bond donors (Lipinski definition) is 2. The van der Waals surface area contributed by atoms with Crippen LogP contribution in [0.2, 0.25) is 0 Å². The number of aromatic nitrogens is 1. The van der Waals surface area contributed by atoms with Gasteiger partial charge in [0.05, 0.1) is 24.7 Å². The molecule has 2 amide bonds. The van der Waals surface area contributed by atoms with Crippen LogP contribution in [0.4, 0.5) is 5.69 Å². The number of anilines is 1. The fourth-order valence-corrected chi connectivity index (χ4v) is 3.35. The third kappa shape index (κ3) is 3.51. The van der Waals surface area contributed by atoms with Gasteiger partial charge in [0.1, 0.15) is 11.5 Å². The van der Waals surface area contributed by atoms with E-state index >= 15 is 0 Å². The zero-order valence-electron chi connectivity index (χ0n) is 15.5. The van der Waals surface area contributed by atoms with E-state index in [0.29, 0.717) is 24.5 Å². The van der Waals surface area contributed by atoms with Crippen molar-refractivity contribution in [3.05, 3.63) is 54.7 Å². The molecule has 0 saturated heterocycles. The van der Waals surface area contributed by atoms with Gasteiger partial charge in [-0.3, -0.25) is 9.59 Å². The summed E-state index contributed by atoms with van der Waals surface area (Å²) in [7, 11) is 1.65. The van der Waals surface area contributed by atoms with Gasteiger partial charge in [0.2, 0.25) is 5.91 Å². The topological polar surface area (TPSA) is 81.6 Å². The molecule has 0 saturated carbocycles. The van der Waals surface area contributed by atoms with E-state index in [0.717, 1.165) is 16.7 Å². The quantitative estimate of drug-likeness (QED) is 0.690. The molecular weight excluding hydrogens is 358 g/mol. The van der Waals surface area contributed by atoms with Crippen LogP contribution in [0.1, 0.15) is 6.42 Å². The average Bonchev–Trinajstić information content (AvgIpc) is 3.12. The second kappa shape index (κ2) is 7.64. The zero-order valence-corrected chi connectivity index (χ0v) is 15.5. The van der Waals surface area contributed by atoms with Crippen LogP contribution in [0.3, 0.4) is 0 Å². The maximum absolute atomic E-state index is 12.3. The lowest BCUT2D eigenvalue weighted by atomic mass is 10.1. The zero-order chi connectivity index (χ0) is 19.5. The van der Waals surface area contributed by atoms with Gasteiger partial charge in [0.15, 0.2) is 6.10 Å². The van der Waals surface area contributed by atoms with E-state index in [9.17, 15) is 9.59 Å². The summed E-state index contributed by atoms with van der Waals surface area (Å²) in [5.74, 6) is 0.861. The Labute approximate surface area is 162 Å². The molecule has 0 radical (unpaired) electrons. The highest BCUT2D eigenvalue weighted by molar-refractivity contribution is 5.99. The Balaban J connectivity index is 1.33. The minimum Gasteiger partial charge on any atom is -0.496 e. The van der Waals surface area contributed by atoms with Crippen molar-refractivity contribution in [1.29, 1.82) is 0 Å². The van der Waals surface area contributed by atoms with Gasteiger partial charge in [-0.15, -0.1) is 0 Å². The van der Waals surface area contributed by atoms with E-state index in [4.69, 9.17) is 9.47 Å². The van der Waals surface area contributed by atoms with Gasteiger partial charge < -0.3 is 24.7 Å². The Morgan fingerprint density at radius 2 is 2.07 bits per heavy atom. The lowest BCUT2D eigenvalue weighted by Crippen LogP contribution is -2.41. The van der Waals surface area contributed by atoms with E-state index in [-0.39, 0.29) is 18.2 Å². The van der Waals surface area contributed by atoms with Gasteiger partial charge in [-0.05, 0) is 30.3 Å². The van der Waals surface area contributed by atoms with Gasteiger partial charge in [-0.2, -0.15) is 0 Å². The summed E-state index contributed by atoms with van der Waals surface area (Å²) >= 11 is 0. The number of nitrogens with zero attached hydrogens (tertiary/aromatic N) is 1. The van der Waals surface area contributed by atoms with Crippen molar-refractivity contribution in [3.8, 4) is 11.5 Å². The minimum atomic E-state index is -0.827. The highest BCUT2D eigenvalue weighted by Gasteiger charge is 2.29. The fraction of sp³-hybridized carbons (Fsp3) is 0.238. The third-order valence-corrected chi connectivity index (χ3v) is 4.75. The summed E-state index contributed by atoms with van der Waals surface area (Å²) in [4.78, 5) is 24.4. The third-order valence-electron chi connectivity index (χ3n) is 4.75. The van der Waals surface area contributed by atoms with Crippen LogP contribution in [-0.4, -0.2) is 36.1 Å². The summed E-state index contributed by atoms with van der Waals surface area (Å²) < 4.78 is 13.1. The Morgan fingerprint density at radius 1 is 1.21 bits per heavy atom. The highest BCUT2D eigenvalue weighted by atomic mass is 16.5. The molecule has 0 spiro atoms. The molecule has 7 heteroatoms. The predicted molar refractivity (Wildman–Crippen MR) is 106 cm³/mol. The number of hydrogen-bond acceptors (Lipinski definition) is 4. The van der Waals surface area contributed by atoms with Crippen LogP contribution in [-0.2, 0) is 16.1 Å². The maximum Gasteiger partial charge on any atom is 0.266 e. The Kier molecular flexibility index (Phi) is 4.89. The number of ether oxygens (including phenoxy) is 2. The first kappa shape index (κ1) is 17.9. The van der Waals surface area contributed by atoms with Gasteiger partial charge in [-0.25, -0.2) is 0 Å². The molecule has 0 fully saturated rings. The lowest BCUT2D eigenvalue weighted by molar-refractivity contribution is -0.130. The summed E-state index contributed by atoms with van der Waals surface area (Å²) in [6, 6.07) is 15.0. The molecule has 1 atom stereocenters. The van der Waals surface area contributed by atoms with Crippen LogP contribution in [0.15, 0.2) is 54.7 Å². The van der Waals surface area contributed by atoms with Gasteiger partial charge in [0.25, 0.3) is 5.91 Å². The summed E-state index contributed by atoms with van der Waals surface area (Å²) in [6.07, 6.45) is 1.11. The molecule has 144 valence electrons. The standard InChI is InChI=1S/C21H21N3O4/c1-27-17-8-4-6-16-14(17)9-11-24(16)12-10-22-20(25)13-19-21(26)23-15-5-2-3-7-18(15)28-19/h2-9,11,19H,10,12-13H2,1H3,(H,22,25)(H,23,26). The molecule has 28 heavy (non-hydrogen) atoms. The molecule has 1 unspecified atom stereocenters. The Bertz CT molecular complexity index is 1030. The number of amides is 2. The molecule has 0 bridgehead atoms. The molecule has 7 nitrogen and oxygen atoms in total. The smallest absolute Gasteiger partial charge is 0.266 e. The van der Waals surface area contributed by atoms with Crippen LogP contribution in [0.5, 0.6) is 11.5 Å². The molecule has 1 aromatic heterocycles. The monoisotopic (exact) mass is 379 g/mol. The molecule has 0 aliphatic carbocycles. The van der Waals surface area contributed by atoms with Crippen molar-refractivity contribution in [2.24, 2.45) is 0 Å². The molecular formula is C21H21N3O4. The molecule has 2 heterocycles. The summed E-state index contributed by atoms with van der Waals surface area (Å²) in [6.45, 7) is 1.06. The molecule has 2 N–H and O–H groups in total. The van der Waals surface area contributed by atoms with Crippen molar-refractivity contribution in [2.45, 2.75) is 19.1 Å². The lowest BCUT2D eigenvalue weighted by Gasteiger charge is -2.25. The van der Waals surface area contributed by atoms with Crippen molar-refractivity contribution >= 4 is 28.4 Å². The van der Waals surface area contributed by atoms with E-state index in [1.807, 2.05) is 42.6 Å². The van der Waals surface area contributed by atoms with E-state index < -0.39 is 6.10 Å². The van der Waals surface area contributed by atoms with Crippen molar-refractivity contribution in [2.75, 3.05) is 19.0 Å². The first-order valence-electron chi connectivity index (χ1n) is 9.11. The number of carbonyl (C=O) groups is 2. The normalized spacial score (nSPS) is 15.5. The van der Waals surface area contributed by atoms with Crippen LogP contribution in [0, 0.1) is 0 Å². The number of para-hydroxylation sites is 2. The SMILES string of the molecule is COc1cccc2c1ccn2CCNC(=O)CC1Oc2ccccc2NC1=O. The van der Waals surface area contributed by atoms with Crippen molar-refractivity contribution < 1.29 is 19.1 Å². The highest BCUT2D eigenvalue weighted by Crippen LogP contribution is 2.29. The first-order chi connectivity index (χ1) is 13.7. The first-order valence-corrected chi connectivity index (χ1v) is 9.11. The average molecular weight is 379 g/mol. The summed E-state index contributed by atoms with van der Waals surface area (Å²) in [5, 5.41) is 6.65. The second-order valence-corrected chi connectivity index (χ2v) is 6.55. The van der Waals surface area contributed by atoms with Crippen LogP contribution < -0.4 is 20.1 Å². The number of carbonyl (C=O) groups excluding carboxylic acids is 2. The number of fused-ring (bicyclic) bond motifs is 2.